The van der Waals surface area contributed by atoms with Crippen molar-refractivity contribution in [2.24, 2.45) is 5.92 Å². The van der Waals surface area contributed by atoms with E-state index in [0.717, 1.165) is 44.0 Å². The number of sulfone groups is 1. The zero-order valence-electron chi connectivity index (χ0n) is 16.7. The van der Waals surface area contributed by atoms with Gasteiger partial charge in [-0.1, -0.05) is 42.8 Å². The number of amides is 1. The van der Waals surface area contributed by atoms with Gasteiger partial charge in [-0.2, -0.15) is 8.78 Å². The van der Waals surface area contributed by atoms with E-state index in [1.807, 2.05) is 0 Å². The van der Waals surface area contributed by atoms with Crippen LogP contribution in [0.5, 0.6) is 0 Å². The Bertz CT molecular complexity index is 1050. The summed E-state index contributed by atoms with van der Waals surface area (Å²) >= 11 is 0. The topological polar surface area (TPSA) is 89.0 Å². The number of nitrogens with zero attached hydrogens (tertiary/aromatic N) is 2. The van der Waals surface area contributed by atoms with Gasteiger partial charge in [0.05, 0.1) is 17.9 Å². The summed E-state index contributed by atoms with van der Waals surface area (Å²) in [6.45, 7) is 0.728. The molecule has 1 saturated carbocycles. The monoisotopic (exact) mass is 435 g/mol. The van der Waals surface area contributed by atoms with Crippen molar-refractivity contribution in [1.82, 2.24) is 15.3 Å². The fourth-order valence-electron chi connectivity index (χ4n) is 3.19. The number of hydrogen-bond acceptors (Lipinski definition) is 5. The highest BCUT2D eigenvalue weighted by Crippen LogP contribution is 2.33. The van der Waals surface area contributed by atoms with Crippen LogP contribution in [0.4, 0.5) is 8.78 Å². The average molecular weight is 435 g/mol. The summed E-state index contributed by atoms with van der Waals surface area (Å²) in [7, 11) is -3.35. The number of aromatic nitrogens is 2. The van der Waals surface area contributed by atoms with Crippen molar-refractivity contribution < 1.29 is 22.0 Å². The lowest BCUT2D eigenvalue weighted by Crippen LogP contribution is -2.42. The number of halogens is 2. The van der Waals surface area contributed by atoms with Gasteiger partial charge < -0.3 is 5.32 Å². The van der Waals surface area contributed by atoms with E-state index in [9.17, 15) is 22.0 Å². The van der Waals surface area contributed by atoms with Crippen LogP contribution in [0.3, 0.4) is 0 Å². The summed E-state index contributed by atoms with van der Waals surface area (Å²) in [5.74, 6) is -3.71. The quantitative estimate of drug-likeness (QED) is 0.716. The van der Waals surface area contributed by atoms with Crippen LogP contribution in [0, 0.1) is 5.92 Å². The number of carbonyl (C=O) groups is 1. The molecule has 9 heteroatoms. The van der Waals surface area contributed by atoms with Crippen LogP contribution in [0.25, 0.3) is 11.3 Å². The standard InChI is InChI=1S/C21H23F2N3O3S/c1-21(22,23)19-18(15-7-4-3-5-8-15)25-17(13-24-19)20(27)26-16(14-9-6-10-14)11-12-30(2,28)29/h3-5,7-8,11-14,16H,6,9-10H2,1-2H3,(H,26,27)/b12-11+/t16-/m1/s1. The summed E-state index contributed by atoms with van der Waals surface area (Å²) in [6.07, 6.45) is 6.28. The molecule has 1 amide bonds. The first-order chi connectivity index (χ1) is 14.0. The number of rotatable bonds is 7. The SMILES string of the molecule is CC(F)(F)c1ncc(C(=O)N[C@H](/C=C/S(C)(=O)=O)C2CCC2)nc1-c1ccccc1. The van der Waals surface area contributed by atoms with Gasteiger partial charge in [-0.05, 0) is 18.8 Å². The Kier molecular flexibility index (Phi) is 6.30. The third-order valence-corrected chi connectivity index (χ3v) is 5.61. The Morgan fingerprint density at radius 3 is 2.47 bits per heavy atom. The molecule has 0 aliphatic heterocycles. The van der Waals surface area contributed by atoms with Crippen LogP contribution in [0.15, 0.2) is 48.0 Å². The van der Waals surface area contributed by atoms with Gasteiger partial charge in [0.25, 0.3) is 11.8 Å². The normalized spacial score (nSPS) is 16.3. The summed E-state index contributed by atoms with van der Waals surface area (Å²) < 4.78 is 51.0. The average Bonchev–Trinajstić information content (AvgIpc) is 2.63. The lowest BCUT2D eigenvalue weighted by molar-refractivity contribution is 0.0130. The molecule has 1 aromatic heterocycles. The minimum atomic E-state index is -3.35. The van der Waals surface area contributed by atoms with Gasteiger partial charge in [-0.15, -0.1) is 0 Å². The maximum absolute atomic E-state index is 14.0. The van der Waals surface area contributed by atoms with Crippen molar-refractivity contribution >= 4 is 15.7 Å². The second-order valence-electron chi connectivity index (χ2n) is 7.56. The number of nitrogens with one attached hydrogen (secondary N) is 1. The van der Waals surface area contributed by atoms with Crippen LogP contribution >= 0.6 is 0 Å². The molecule has 2 aromatic rings. The van der Waals surface area contributed by atoms with E-state index in [-0.39, 0.29) is 17.3 Å². The highest BCUT2D eigenvalue weighted by Gasteiger charge is 2.32. The molecule has 1 fully saturated rings. The van der Waals surface area contributed by atoms with Crippen molar-refractivity contribution in [3.05, 3.63) is 59.4 Å². The van der Waals surface area contributed by atoms with Gasteiger partial charge in [-0.25, -0.2) is 13.4 Å². The van der Waals surface area contributed by atoms with E-state index in [1.54, 1.807) is 30.3 Å². The second kappa shape index (κ2) is 8.59. The van der Waals surface area contributed by atoms with Crippen LogP contribution < -0.4 is 5.32 Å². The molecule has 0 saturated heterocycles. The molecule has 1 N–H and O–H groups in total. The Hall–Kier alpha value is -2.68. The number of benzene rings is 1. The summed E-state index contributed by atoms with van der Waals surface area (Å²) in [4.78, 5) is 20.8. The Balaban J connectivity index is 1.92. The molecular weight excluding hydrogens is 412 g/mol. The zero-order valence-corrected chi connectivity index (χ0v) is 17.5. The Morgan fingerprint density at radius 1 is 1.27 bits per heavy atom. The molecule has 0 spiro atoms. The molecule has 0 radical (unpaired) electrons. The van der Waals surface area contributed by atoms with Crippen molar-refractivity contribution in [3.63, 3.8) is 0 Å². The van der Waals surface area contributed by atoms with Crippen molar-refractivity contribution in [1.29, 1.82) is 0 Å². The van der Waals surface area contributed by atoms with Gasteiger partial charge in [0.2, 0.25) is 0 Å². The molecule has 3 rings (SSSR count). The predicted molar refractivity (Wildman–Crippen MR) is 110 cm³/mol. The van der Waals surface area contributed by atoms with E-state index in [0.29, 0.717) is 5.56 Å². The molecule has 160 valence electrons. The smallest absolute Gasteiger partial charge is 0.289 e. The highest BCUT2D eigenvalue weighted by atomic mass is 32.2. The summed E-state index contributed by atoms with van der Waals surface area (Å²) in [5, 5.41) is 3.83. The van der Waals surface area contributed by atoms with Crippen molar-refractivity contribution in [2.75, 3.05) is 6.26 Å². The van der Waals surface area contributed by atoms with Crippen LogP contribution in [0.1, 0.15) is 42.4 Å². The van der Waals surface area contributed by atoms with E-state index in [2.05, 4.69) is 15.3 Å². The first-order valence-corrected chi connectivity index (χ1v) is 11.5. The lowest BCUT2D eigenvalue weighted by atomic mass is 9.79. The largest absolute Gasteiger partial charge is 0.344 e. The molecule has 0 bridgehead atoms. The summed E-state index contributed by atoms with van der Waals surface area (Å²) in [5.41, 5.74) is -0.275. The molecule has 1 aliphatic carbocycles. The molecule has 0 unspecified atom stereocenters. The zero-order chi connectivity index (χ0) is 21.9. The fraction of sp³-hybridized carbons (Fsp3) is 0.381. The molecule has 1 atom stereocenters. The maximum Gasteiger partial charge on any atom is 0.289 e. The first kappa shape index (κ1) is 22.0. The summed E-state index contributed by atoms with van der Waals surface area (Å²) in [6, 6.07) is 7.86. The van der Waals surface area contributed by atoms with Gasteiger partial charge in [0.1, 0.15) is 11.4 Å². The fourth-order valence-corrected chi connectivity index (χ4v) is 3.65. The van der Waals surface area contributed by atoms with Gasteiger partial charge >= 0.3 is 0 Å². The number of carbonyl (C=O) groups excluding carboxylic acids is 1. The minimum absolute atomic E-state index is 0.0670. The minimum Gasteiger partial charge on any atom is -0.344 e. The van der Waals surface area contributed by atoms with Crippen molar-refractivity contribution in [3.8, 4) is 11.3 Å². The predicted octanol–water partition coefficient (Wildman–Crippen LogP) is 3.71. The molecule has 6 nitrogen and oxygen atoms in total. The first-order valence-electron chi connectivity index (χ1n) is 9.54. The third kappa shape index (κ3) is 5.47. The maximum atomic E-state index is 14.0. The molecular formula is C21H23F2N3O3S. The van der Waals surface area contributed by atoms with Crippen molar-refractivity contribution in [2.45, 2.75) is 38.2 Å². The second-order valence-corrected chi connectivity index (χ2v) is 9.49. The van der Waals surface area contributed by atoms with E-state index in [4.69, 9.17) is 0 Å². The molecule has 1 aromatic carbocycles. The number of alkyl halides is 2. The van der Waals surface area contributed by atoms with Gasteiger partial charge in [0.15, 0.2) is 9.84 Å². The third-order valence-electron chi connectivity index (χ3n) is 4.96. The highest BCUT2D eigenvalue weighted by molar-refractivity contribution is 7.93. The van der Waals surface area contributed by atoms with E-state index < -0.39 is 33.4 Å². The van der Waals surface area contributed by atoms with E-state index in [1.165, 1.54) is 6.08 Å². The molecule has 1 aliphatic rings. The van der Waals surface area contributed by atoms with Crippen LogP contribution in [0.2, 0.25) is 0 Å². The van der Waals surface area contributed by atoms with Gasteiger partial charge in [0, 0.05) is 24.2 Å². The van der Waals surface area contributed by atoms with Gasteiger partial charge in [-0.3, -0.25) is 9.78 Å². The Labute approximate surface area is 174 Å². The van der Waals surface area contributed by atoms with Crippen LogP contribution in [-0.2, 0) is 15.8 Å². The number of hydrogen-bond donors (Lipinski definition) is 1. The van der Waals surface area contributed by atoms with Crippen LogP contribution in [-0.4, -0.2) is 36.6 Å². The lowest BCUT2D eigenvalue weighted by Gasteiger charge is -2.32. The Morgan fingerprint density at radius 2 is 1.93 bits per heavy atom. The molecule has 30 heavy (non-hydrogen) atoms. The van der Waals surface area contributed by atoms with E-state index >= 15 is 0 Å². The molecule has 1 heterocycles.